The maximum Gasteiger partial charge on any atom is 0.254 e. The minimum atomic E-state index is -0.962. The average Bonchev–Trinajstić information content (AvgIpc) is 2.57. The van der Waals surface area contributed by atoms with Gasteiger partial charge in [0.05, 0.1) is 17.2 Å². The Bertz CT molecular complexity index is 815. The van der Waals surface area contributed by atoms with Crippen LogP contribution in [0.4, 0.5) is 14.5 Å². The molecule has 0 fully saturated rings. The fourth-order valence-corrected chi connectivity index (χ4v) is 2.37. The van der Waals surface area contributed by atoms with Crippen molar-refractivity contribution in [2.24, 2.45) is 0 Å². The van der Waals surface area contributed by atoms with Crippen LogP contribution in [0.25, 0.3) is 0 Å². The number of rotatable bonds is 7. The fraction of sp³-hybridized carbons (Fsp3) is 0.222. The van der Waals surface area contributed by atoms with Gasteiger partial charge >= 0.3 is 0 Å². The molecule has 5 nitrogen and oxygen atoms in total. The molecule has 0 radical (unpaired) electrons. The molecule has 0 saturated heterocycles. The molecule has 2 amide bonds. The Morgan fingerprint density at radius 2 is 1.92 bits per heavy atom. The Balaban J connectivity index is 1.83. The smallest absolute Gasteiger partial charge is 0.254 e. The summed E-state index contributed by atoms with van der Waals surface area (Å²) >= 11 is 6.04. The second-order valence-corrected chi connectivity index (χ2v) is 5.66. The number of carbonyl (C=O) groups excluding carboxylic acids is 2. The van der Waals surface area contributed by atoms with E-state index in [1.165, 1.54) is 0 Å². The van der Waals surface area contributed by atoms with Crippen molar-refractivity contribution in [3.05, 3.63) is 58.6 Å². The van der Waals surface area contributed by atoms with Gasteiger partial charge in [0.1, 0.15) is 17.4 Å². The van der Waals surface area contributed by atoms with Gasteiger partial charge in [0.25, 0.3) is 5.91 Å². The molecule has 0 aromatic heterocycles. The zero-order valence-corrected chi connectivity index (χ0v) is 14.7. The van der Waals surface area contributed by atoms with Gasteiger partial charge in [0.2, 0.25) is 5.91 Å². The zero-order chi connectivity index (χ0) is 19.1. The number of hydrogen-bond donors (Lipinski definition) is 2. The van der Waals surface area contributed by atoms with Crippen molar-refractivity contribution in [3.8, 4) is 5.75 Å². The molecular weight excluding hydrogens is 366 g/mol. The molecular formula is C18H17ClF2N2O3. The van der Waals surface area contributed by atoms with Crippen molar-refractivity contribution in [2.45, 2.75) is 13.3 Å². The van der Waals surface area contributed by atoms with E-state index in [4.69, 9.17) is 16.3 Å². The van der Waals surface area contributed by atoms with Crippen molar-refractivity contribution in [1.29, 1.82) is 0 Å². The third kappa shape index (κ3) is 5.42. The molecule has 2 N–H and O–H groups in total. The normalized spacial score (nSPS) is 10.3. The predicted octanol–water partition coefficient (Wildman–Crippen LogP) is 3.78. The van der Waals surface area contributed by atoms with Crippen LogP contribution in [-0.2, 0) is 4.79 Å². The first-order valence-electron chi connectivity index (χ1n) is 7.86. The van der Waals surface area contributed by atoms with Crippen LogP contribution in [0.2, 0.25) is 5.02 Å². The summed E-state index contributed by atoms with van der Waals surface area (Å²) in [5.74, 6) is -2.30. The number of nitrogens with one attached hydrogen (secondary N) is 2. The van der Waals surface area contributed by atoms with E-state index in [-0.39, 0.29) is 24.4 Å². The average molecular weight is 383 g/mol. The number of hydrogen-bond acceptors (Lipinski definition) is 3. The molecule has 0 aliphatic carbocycles. The Hall–Kier alpha value is -2.67. The molecule has 0 unspecified atom stereocenters. The van der Waals surface area contributed by atoms with E-state index in [1.54, 1.807) is 18.2 Å². The first-order chi connectivity index (χ1) is 12.4. The van der Waals surface area contributed by atoms with E-state index in [0.717, 1.165) is 12.1 Å². The molecule has 0 bridgehead atoms. The molecule has 2 rings (SSSR count). The van der Waals surface area contributed by atoms with Gasteiger partial charge in [-0.15, -0.1) is 0 Å². The fourth-order valence-electron chi connectivity index (χ4n) is 2.13. The summed E-state index contributed by atoms with van der Waals surface area (Å²) in [5, 5.41) is 5.40. The van der Waals surface area contributed by atoms with E-state index in [9.17, 15) is 18.4 Å². The van der Waals surface area contributed by atoms with Gasteiger partial charge in [0.15, 0.2) is 0 Å². The van der Waals surface area contributed by atoms with Crippen LogP contribution in [0, 0.1) is 11.6 Å². The Kier molecular flexibility index (Phi) is 6.91. The summed E-state index contributed by atoms with van der Waals surface area (Å²) in [6, 6.07) is 7.48. The molecule has 0 aliphatic heterocycles. The highest BCUT2D eigenvalue weighted by Crippen LogP contribution is 2.27. The SMILES string of the molecule is CCOc1ccc(NC(=O)CCNC(=O)c2ccc(F)cc2F)cc1Cl. The first kappa shape index (κ1) is 19.7. The van der Waals surface area contributed by atoms with Crippen LogP contribution in [0.3, 0.4) is 0 Å². The molecule has 0 aliphatic rings. The lowest BCUT2D eigenvalue weighted by molar-refractivity contribution is -0.116. The lowest BCUT2D eigenvalue weighted by atomic mass is 10.2. The largest absolute Gasteiger partial charge is 0.492 e. The highest BCUT2D eigenvalue weighted by atomic mass is 35.5. The minimum absolute atomic E-state index is 0.00769. The highest BCUT2D eigenvalue weighted by molar-refractivity contribution is 6.32. The molecule has 0 heterocycles. The summed E-state index contributed by atoms with van der Waals surface area (Å²) in [6.07, 6.45) is -0.0284. The number of anilines is 1. The van der Waals surface area contributed by atoms with Crippen LogP contribution in [0.15, 0.2) is 36.4 Å². The van der Waals surface area contributed by atoms with Gasteiger partial charge in [-0.2, -0.15) is 0 Å². The summed E-state index contributed by atoms with van der Waals surface area (Å²) in [5.41, 5.74) is 0.199. The molecule has 8 heteroatoms. The van der Waals surface area contributed by atoms with Gasteiger partial charge in [-0.3, -0.25) is 9.59 Å². The summed E-state index contributed by atoms with van der Waals surface area (Å²) < 4.78 is 31.6. The second kappa shape index (κ2) is 9.15. The van der Waals surface area contributed by atoms with Crippen molar-refractivity contribution >= 4 is 29.1 Å². The Labute approximate surface area is 154 Å². The summed E-state index contributed by atoms with van der Waals surface area (Å²) in [4.78, 5) is 23.7. The van der Waals surface area contributed by atoms with Crippen molar-refractivity contribution in [2.75, 3.05) is 18.5 Å². The first-order valence-corrected chi connectivity index (χ1v) is 8.24. The third-order valence-electron chi connectivity index (χ3n) is 3.33. The van der Waals surface area contributed by atoms with Gasteiger partial charge in [-0.1, -0.05) is 11.6 Å². The highest BCUT2D eigenvalue weighted by Gasteiger charge is 2.13. The number of halogens is 3. The quantitative estimate of drug-likeness (QED) is 0.765. The Morgan fingerprint density at radius 1 is 1.15 bits per heavy atom. The maximum atomic E-state index is 13.5. The number of carbonyl (C=O) groups is 2. The van der Waals surface area contributed by atoms with E-state index >= 15 is 0 Å². The van der Waals surface area contributed by atoms with Crippen LogP contribution < -0.4 is 15.4 Å². The zero-order valence-electron chi connectivity index (χ0n) is 13.9. The van der Waals surface area contributed by atoms with Gasteiger partial charge < -0.3 is 15.4 Å². The third-order valence-corrected chi connectivity index (χ3v) is 3.62. The van der Waals surface area contributed by atoms with Crippen LogP contribution in [0.1, 0.15) is 23.7 Å². The second-order valence-electron chi connectivity index (χ2n) is 5.26. The standard InChI is InChI=1S/C18H17ClF2N2O3/c1-2-26-16-6-4-12(10-14(16)19)23-17(24)7-8-22-18(25)13-5-3-11(20)9-15(13)21/h3-6,9-10H,2,7-8H2,1H3,(H,22,25)(H,23,24). The number of ether oxygens (including phenoxy) is 1. The molecule has 0 spiro atoms. The van der Waals surface area contributed by atoms with Crippen molar-refractivity contribution in [1.82, 2.24) is 5.32 Å². The molecule has 26 heavy (non-hydrogen) atoms. The topological polar surface area (TPSA) is 67.4 Å². The van der Waals surface area contributed by atoms with Crippen molar-refractivity contribution < 1.29 is 23.1 Å². The van der Waals surface area contributed by atoms with E-state index < -0.39 is 17.5 Å². The molecule has 2 aromatic carbocycles. The molecule has 0 saturated carbocycles. The lowest BCUT2D eigenvalue weighted by Gasteiger charge is -2.10. The predicted molar refractivity (Wildman–Crippen MR) is 94.6 cm³/mol. The lowest BCUT2D eigenvalue weighted by Crippen LogP contribution is -2.28. The molecule has 2 aromatic rings. The van der Waals surface area contributed by atoms with Gasteiger partial charge in [0, 0.05) is 24.7 Å². The number of amides is 2. The molecule has 0 atom stereocenters. The Morgan fingerprint density at radius 3 is 2.58 bits per heavy atom. The van der Waals surface area contributed by atoms with Crippen LogP contribution >= 0.6 is 11.6 Å². The van der Waals surface area contributed by atoms with E-state index in [2.05, 4.69) is 10.6 Å². The summed E-state index contributed by atoms with van der Waals surface area (Å²) in [7, 11) is 0. The van der Waals surface area contributed by atoms with Gasteiger partial charge in [-0.05, 0) is 37.3 Å². The van der Waals surface area contributed by atoms with Crippen molar-refractivity contribution in [3.63, 3.8) is 0 Å². The van der Waals surface area contributed by atoms with Crippen LogP contribution in [-0.4, -0.2) is 25.0 Å². The minimum Gasteiger partial charge on any atom is -0.492 e. The summed E-state index contributed by atoms with van der Waals surface area (Å²) in [6.45, 7) is 2.30. The van der Waals surface area contributed by atoms with Crippen LogP contribution in [0.5, 0.6) is 5.75 Å². The monoisotopic (exact) mass is 382 g/mol. The number of benzene rings is 2. The molecule has 138 valence electrons. The maximum absolute atomic E-state index is 13.5. The van der Waals surface area contributed by atoms with Gasteiger partial charge in [-0.25, -0.2) is 8.78 Å². The van der Waals surface area contributed by atoms with E-state index in [0.29, 0.717) is 29.1 Å². The van der Waals surface area contributed by atoms with E-state index in [1.807, 2.05) is 6.92 Å².